The second-order valence-electron chi connectivity index (χ2n) is 3.48. The van der Waals surface area contributed by atoms with E-state index in [1.54, 1.807) is 0 Å². The van der Waals surface area contributed by atoms with Gasteiger partial charge in [-0.25, -0.2) is 4.68 Å². The van der Waals surface area contributed by atoms with Crippen LogP contribution >= 0.6 is 0 Å². The molecule has 5 nitrogen and oxygen atoms in total. The lowest BCUT2D eigenvalue weighted by Gasteiger charge is -2.09. The molecule has 0 aromatic carbocycles. The first-order chi connectivity index (χ1) is 6.65. The molecule has 0 unspecified atom stereocenters. The van der Waals surface area contributed by atoms with E-state index in [0.29, 0.717) is 6.42 Å². The molecular formula is C9H15N5. The molecule has 0 fully saturated rings. The van der Waals surface area contributed by atoms with E-state index in [-0.39, 0.29) is 0 Å². The molecule has 0 aliphatic rings. The standard InChI is InChI=1S/C9H15N5/c1-8-9(4-5-10)11-12-14(8)7-6-13(2)3/h4,6-7H2,1-3H3. The Bertz CT molecular complexity index is 333. The van der Waals surface area contributed by atoms with E-state index >= 15 is 0 Å². The molecule has 0 radical (unpaired) electrons. The molecule has 0 N–H and O–H groups in total. The average Bonchev–Trinajstić information content (AvgIpc) is 2.46. The van der Waals surface area contributed by atoms with Gasteiger partial charge >= 0.3 is 0 Å². The van der Waals surface area contributed by atoms with Gasteiger partial charge in [-0.05, 0) is 21.0 Å². The maximum atomic E-state index is 8.54. The Balaban J connectivity index is 2.65. The molecule has 0 saturated heterocycles. The van der Waals surface area contributed by atoms with Crippen molar-refractivity contribution in [1.82, 2.24) is 19.9 Å². The molecule has 1 heterocycles. The van der Waals surface area contributed by atoms with Crippen molar-refractivity contribution in [1.29, 1.82) is 5.26 Å². The van der Waals surface area contributed by atoms with Gasteiger partial charge in [0.05, 0.1) is 30.4 Å². The van der Waals surface area contributed by atoms with E-state index in [4.69, 9.17) is 5.26 Å². The predicted octanol–water partition coefficient (Wildman–Crippen LogP) is 0.214. The Morgan fingerprint density at radius 2 is 2.21 bits per heavy atom. The van der Waals surface area contributed by atoms with Crippen LogP contribution in [0.4, 0.5) is 0 Å². The smallest absolute Gasteiger partial charge is 0.0996 e. The third kappa shape index (κ3) is 2.54. The summed E-state index contributed by atoms with van der Waals surface area (Å²) in [4.78, 5) is 2.09. The van der Waals surface area contributed by atoms with Gasteiger partial charge < -0.3 is 4.90 Å². The normalized spacial score (nSPS) is 10.5. The van der Waals surface area contributed by atoms with Crippen molar-refractivity contribution in [3.8, 4) is 6.07 Å². The number of aromatic nitrogens is 3. The highest BCUT2D eigenvalue weighted by molar-refractivity contribution is 5.11. The van der Waals surface area contributed by atoms with Crippen molar-refractivity contribution in [3.63, 3.8) is 0 Å². The Kier molecular flexibility index (Phi) is 3.60. The SMILES string of the molecule is Cc1c(CC#N)nnn1CCN(C)C. The van der Waals surface area contributed by atoms with Gasteiger partial charge in [0.1, 0.15) is 0 Å². The van der Waals surface area contributed by atoms with Gasteiger partial charge in [-0.3, -0.25) is 0 Å². The first-order valence-electron chi connectivity index (χ1n) is 4.55. The summed E-state index contributed by atoms with van der Waals surface area (Å²) in [6, 6.07) is 2.08. The molecule has 1 aromatic heterocycles. The maximum absolute atomic E-state index is 8.54. The molecule has 1 aromatic rings. The minimum absolute atomic E-state index is 0.341. The Hall–Kier alpha value is -1.41. The van der Waals surface area contributed by atoms with E-state index in [9.17, 15) is 0 Å². The Morgan fingerprint density at radius 3 is 2.79 bits per heavy atom. The Morgan fingerprint density at radius 1 is 1.50 bits per heavy atom. The lowest BCUT2D eigenvalue weighted by Crippen LogP contribution is -2.19. The van der Waals surface area contributed by atoms with E-state index < -0.39 is 0 Å². The topological polar surface area (TPSA) is 57.7 Å². The second-order valence-corrected chi connectivity index (χ2v) is 3.48. The molecule has 0 saturated carbocycles. The van der Waals surface area contributed by atoms with Crippen molar-refractivity contribution in [2.45, 2.75) is 19.9 Å². The number of rotatable bonds is 4. The molecule has 0 bridgehead atoms. The molecule has 0 spiro atoms. The average molecular weight is 193 g/mol. The van der Waals surface area contributed by atoms with E-state index in [1.165, 1.54) is 0 Å². The summed E-state index contributed by atoms with van der Waals surface area (Å²) in [7, 11) is 4.03. The molecule has 0 aliphatic heterocycles. The van der Waals surface area contributed by atoms with Crippen molar-refractivity contribution < 1.29 is 0 Å². The van der Waals surface area contributed by atoms with Crippen LogP contribution in [-0.4, -0.2) is 40.5 Å². The molecular weight excluding hydrogens is 178 g/mol. The lowest BCUT2D eigenvalue weighted by atomic mass is 10.3. The van der Waals surface area contributed by atoms with E-state index in [1.807, 2.05) is 25.7 Å². The summed E-state index contributed by atoms with van der Waals surface area (Å²) >= 11 is 0. The highest BCUT2D eigenvalue weighted by Crippen LogP contribution is 2.03. The van der Waals surface area contributed by atoms with Crippen LogP contribution in [0, 0.1) is 18.3 Å². The highest BCUT2D eigenvalue weighted by Gasteiger charge is 2.07. The number of nitriles is 1. The minimum atomic E-state index is 0.341. The highest BCUT2D eigenvalue weighted by atomic mass is 15.4. The summed E-state index contributed by atoms with van der Waals surface area (Å²) in [5.74, 6) is 0. The summed E-state index contributed by atoms with van der Waals surface area (Å²) in [5.41, 5.74) is 1.78. The van der Waals surface area contributed by atoms with Crippen molar-refractivity contribution in [3.05, 3.63) is 11.4 Å². The first-order valence-corrected chi connectivity index (χ1v) is 4.55. The molecule has 0 atom stereocenters. The molecule has 0 aliphatic carbocycles. The molecule has 1 rings (SSSR count). The summed E-state index contributed by atoms with van der Waals surface area (Å²) in [5, 5.41) is 16.5. The van der Waals surface area contributed by atoms with Crippen LogP contribution in [0.1, 0.15) is 11.4 Å². The van der Waals surface area contributed by atoms with E-state index in [2.05, 4.69) is 21.3 Å². The van der Waals surface area contributed by atoms with Crippen molar-refractivity contribution in [2.24, 2.45) is 0 Å². The second kappa shape index (κ2) is 4.72. The van der Waals surface area contributed by atoms with Crippen LogP contribution in [0.2, 0.25) is 0 Å². The van der Waals surface area contributed by atoms with Crippen LogP contribution in [0.3, 0.4) is 0 Å². The van der Waals surface area contributed by atoms with E-state index in [0.717, 1.165) is 24.5 Å². The number of nitrogens with zero attached hydrogens (tertiary/aromatic N) is 5. The fraction of sp³-hybridized carbons (Fsp3) is 0.667. The van der Waals surface area contributed by atoms with Crippen LogP contribution in [0.5, 0.6) is 0 Å². The zero-order chi connectivity index (χ0) is 10.6. The van der Waals surface area contributed by atoms with Crippen molar-refractivity contribution >= 4 is 0 Å². The van der Waals surface area contributed by atoms with Gasteiger partial charge in [-0.1, -0.05) is 5.21 Å². The van der Waals surface area contributed by atoms with Gasteiger partial charge in [-0.2, -0.15) is 5.26 Å². The lowest BCUT2D eigenvalue weighted by molar-refractivity contribution is 0.368. The maximum Gasteiger partial charge on any atom is 0.0996 e. The molecule has 14 heavy (non-hydrogen) atoms. The van der Waals surface area contributed by atoms with Gasteiger partial charge in [-0.15, -0.1) is 5.10 Å². The third-order valence-corrected chi connectivity index (χ3v) is 2.08. The van der Waals surface area contributed by atoms with Gasteiger partial charge in [0.25, 0.3) is 0 Å². The monoisotopic (exact) mass is 193 g/mol. The largest absolute Gasteiger partial charge is 0.308 e. The number of hydrogen-bond acceptors (Lipinski definition) is 4. The fourth-order valence-corrected chi connectivity index (χ4v) is 1.14. The molecule has 76 valence electrons. The van der Waals surface area contributed by atoms with Crippen LogP contribution in [0.15, 0.2) is 0 Å². The van der Waals surface area contributed by atoms with Gasteiger partial charge in [0.2, 0.25) is 0 Å². The summed E-state index contributed by atoms with van der Waals surface area (Å²) in [6.45, 7) is 3.69. The molecule has 5 heteroatoms. The third-order valence-electron chi connectivity index (χ3n) is 2.08. The summed E-state index contributed by atoms with van der Waals surface area (Å²) in [6.07, 6.45) is 0.341. The number of hydrogen-bond donors (Lipinski definition) is 0. The van der Waals surface area contributed by atoms with Crippen LogP contribution in [-0.2, 0) is 13.0 Å². The number of likely N-dealkylation sites (N-methyl/N-ethyl adjacent to an activating group) is 1. The zero-order valence-electron chi connectivity index (χ0n) is 8.86. The summed E-state index contributed by atoms with van der Waals surface area (Å²) < 4.78 is 1.84. The predicted molar refractivity (Wildman–Crippen MR) is 52.6 cm³/mol. The molecule has 0 amide bonds. The quantitative estimate of drug-likeness (QED) is 0.686. The first kappa shape index (κ1) is 10.7. The van der Waals surface area contributed by atoms with Crippen molar-refractivity contribution in [2.75, 3.05) is 20.6 Å². The minimum Gasteiger partial charge on any atom is -0.308 e. The van der Waals surface area contributed by atoms with Gasteiger partial charge in [0, 0.05) is 6.54 Å². The van der Waals surface area contributed by atoms with Crippen LogP contribution < -0.4 is 0 Å². The Labute approximate surface area is 83.9 Å². The van der Waals surface area contributed by atoms with Gasteiger partial charge in [0.15, 0.2) is 0 Å². The fourth-order valence-electron chi connectivity index (χ4n) is 1.14. The zero-order valence-corrected chi connectivity index (χ0v) is 8.86. The van der Waals surface area contributed by atoms with Crippen LogP contribution in [0.25, 0.3) is 0 Å².